The topological polar surface area (TPSA) is 125 Å². The summed E-state index contributed by atoms with van der Waals surface area (Å²) < 4.78 is 5.38. The minimum atomic E-state index is -1.23. The van der Waals surface area contributed by atoms with E-state index < -0.39 is 24.0 Å². The molecule has 1 aliphatic rings. The highest BCUT2D eigenvalue weighted by atomic mass is 16.5. The van der Waals surface area contributed by atoms with Crippen LogP contribution in [0, 0.1) is 0 Å². The zero-order valence-electron chi connectivity index (χ0n) is 16.8. The van der Waals surface area contributed by atoms with E-state index in [1.54, 1.807) is 0 Å². The summed E-state index contributed by atoms with van der Waals surface area (Å²) >= 11 is 0. The van der Waals surface area contributed by atoms with Crippen LogP contribution in [0.4, 0.5) is 4.79 Å². The van der Waals surface area contributed by atoms with Crippen molar-refractivity contribution in [3.8, 4) is 11.1 Å². The minimum absolute atomic E-state index is 0.0426. The van der Waals surface area contributed by atoms with Gasteiger partial charge in [-0.15, -0.1) is 0 Å². The summed E-state index contributed by atoms with van der Waals surface area (Å²) in [4.78, 5) is 34.7. The number of hydrogen-bond donors (Lipinski definition) is 4. The van der Waals surface area contributed by atoms with Crippen molar-refractivity contribution in [3.05, 3.63) is 71.8 Å². The molecule has 0 fully saturated rings. The Morgan fingerprint density at radius 3 is 2.23 bits per heavy atom. The molecular formula is C23H24N2O6. The van der Waals surface area contributed by atoms with E-state index in [0.717, 1.165) is 28.3 Å². The van der Waals surface area contributed by atoms with E-state index >= 15 is 0 Å². The van der Waals surface area contributed by atoms with Crippen LogP contribution in [0.3, 0.4) is 0 Å². The summed E-state index contributed by atoms with van der Waals surface area (Å²) in [5, 5.41) is 22.5. The number of benzene rings is 2. The number of rotatable bonds is 9. The zero-order chi connectivity index (χ0) is 22.2. The van der Waals surface area contributed by atoms with Gasteiger partial charge in [-0.05, 0) is 22.3 Å². The highest BCUT2D eigenvalue weighted by molar-refractivity contribution is 5.91. The Kier molecular flexibility index (Phi) is 7.40. The maximum absolute atomic E-state index is 12.0. The Morgan fingerprint density at radius 2 is 1.65 bits per heavy atom. The van der Waals surface area contributed by atoms with E-state index in [1.807, 2.05) is 36.4 Å². The Hall–Kier alpha value is -3.65. The van der Waals surface area contributed by atoms with Crippen molar-refractivity contribution in [2.75, 3.05) is 19.8 Å². The molecule has 0 radical (unpaired) electrons. The van der Waals surface area contributed by atoms with E-state index in [4.69, 9.17) is 14.9 Å². The molecule has 2 amide bonds. The Bertz CT molecular complexity index is 942. The highest BCUT2D eigenvalue weighted by Crippen LogP contribution is 2.44. The number of fused-ring (bicyclic) bond motifs is 3. The molecule has 2 aromatic carbocycles. The third-order valence-electron chi connectivity index (χ3n) is 5.01. The van der Waals surface area contributed by atoms with Gasteiger partial charge in [0.2, 0.25) is 5.91 Å². The number of carbonyl (C=O) groups is 3. The first-order chi connectivity index (χ1) is 15.0. The van der Waals surface area contributed by atoms with Crippen LogP contribution in [0.5, 0.6) is 0 Å². The maximum Gasteiger partial charge on any atom is 0.407 e. The highest BCUT2D eigenvalue weighted by Gasteiger charge is 2.28. The van der Waals surface area contributed by atoms with Crippen molar-refractivity contribution in [1.82, 2.24) is 10.6 Å². The third-order valence-corrected chi connectivity index (χ3v) is 5.01. The van der Waals surface area contributed by atoms with Gasteiger partial charge in [0, 0.05) is 31.6 Å². The molecule has 0 aliphatic heterocycles. The average Bonchev–Trinajstić information content (AvgIpc) is 3.09. The number of aliphatic hydroxyl groups is 1. The van der Waals surface area contributed by atoms with Crippen molar-refractivity contribution in [1.29, 1.82) is 0 Å². The summed E-state index contributed by atoms with van der Waals surface area (Å²) in [6.07, 6.45) is 1.80. The zero-order valence-corrected chi connectivity index (χ0v) is 16.8. The molecule has 1 aliphatic carbocycles. The summed E-state index contributed by atoms with van der Waals surface area (Å²) in [5.74, 6) is -1.90. The van der Waals surface area contributed by atoms with Gasteiger partial charge in [0.25, 0.3) is 0 Å². The number of hydrogen-bond acceptors (Lipinski definition) is 5. The molecule has 0 saturated heterocycles. The number of ether oxygens (including phenoxy) is 1. The first-order valence-corrected chi connectivity index (χ1v) is 9.90. The number of aliphatic carboxylic acids is 1. The number of amides is 2. The molecule has 31 heavy (non-hydrogen) atoms. The fourth-order valence-electron chi connectivity index (χ4n) is 3.56. The molecule has 0 aromatic heterocycles. The van der Waals surface area contributed by atoms with Gasteiger partial charge in [-0.2, -0.15) is 0 Å². The number of alkyl carbamates (subject to hydrolysis) is 1. The maximum atomic E-state index is 12.0. The van der Waals surface area contributed by atoms with Gasteiger partial charge >= 0.3 is 12.1 Å². The van der Waals surface area contributed by atoms with E-state index in [1.165, 1.54) is 6.08 Å². The van der Waals surface area contributed by atoms with Gasteiger partial charge in [0.05, 0.1) is 0 Å². The van der Waals surface area contributed by atoms with E-state index in [-0.39, 0.29) is 32.1 Å². The van der Waals surface area contributed by atoms with Gasteiger partial charge < -0.3 is 25.6 Å². The number of carboxylic acid groups (broad SMARTS) is 1. The van der Waals surface area contributed by atoms with E-state index in [9.17, 15) is 14.4 Å². The summed E-state index contributed by atoms with van der Waals surface area (Å²) in [5.41, 5.74) is 4.51. The first kappa shape index (κ1) is 22.0. The molecule has 0 saturated carbocycles. The SMILES string of the molecule is O=C(/C=C/CNC(=O)OCC1c2ccccc2-c2ccccc21)N[C@H](CCO)C(=O)O. The van der Waals surface area contributed by atoms with E-state index in [2.05, 4.69) is 22.8 Å². The number of carboxylic acids is 1. The number of nitrogens with one attached hydrogen (secondary N) is 2. The first-order valence-electron chi connectivity index (χ1n) is 9.90. The second kappa shape index (κ2) is 10.4. The van der Waals surface area contributed by atoms with Crippen LogP contribution in [0.15, 0.2) is 60.7 Å². The van der Waals surface area contributed by atoms with Crippen LogP contribution >= 0.6 is 0 Å². The fraction of sp³-hybridized carbons (Fsp3) is 0.261. The van der Waals surface area contributed by atoms with Gasteiger partial charge in [-0.3, -0.25) is 4.79 Å². The molecule has 4 N–H and O–H groups in total. The Labute approximate surface area is 179 Å². The summed E-state index contributed by atoms with van der Waals surface area (Å²) in [6.45, 7) is -0.127. The van der Waals surface area contributed by atoms with Gasteiger partial charge in [0.15, 0.2) is 0 Å². The normalized spacial score (nSPS) is 13.3. The van der Waals surface area contributed by atoms with Crippen molar-refractivity contribution in [3.63, 3.8) is 0 Å². The molecule has 3 rings (SSSR count). The van der Waals surface area contributed by atoms with Crippen molar-refractivity contribution >= 4 is 18.0 Å². The molecule has 8 nitrogen and oxygen atoms in total. The second-order valence-electron chi connectivity index (χ2n) is 7.02. The van der Waals surface area contributed by atoms with Crippen LogP contribution in [0.1, 0.15) is 23.5 Å². The lowest BCUT2D eigenvalue weighted by Gasteiger charge is -2.14. The molecule has 8 heteroatoms. The quantitative estimate of drug-likeness (QED) is 0.457. The lowest BCUT2D eigenvalue weighted by atomic mass is 9.98. The van der Waals surface area contributed by atoms with Crippen molar-refractivity contribution < 1.29 is 29.3 Å². The average molecular weight is 424 g/mol. The standard InChI is InChI=1S/C23H24N2O6/c26-13-11-20(22(28)29)25-21(27)10-5-12-24-23(30)31-14-19-17-8-3-1-6-15(17)16-7-2-4-9-18(16)19/h1-10,19-20,26H,11-14H2,(H,24,30)(H,25,27)(H,28,29)/b10-5+/t20-/m1/s1. The molecule has 2 aromatic rings. The summed E-state index contributed by atoms with van der Waals surface area (Å²) in [6, 6.07) is 14.9. The fourth-order valence-corrected chi connectivity index (χ4v) is 3.56. The molecule has 162 valence electrons. The number of aliphatic hydroxyl groups excluding tert-OH is 1. The summed E-state index contributed by atoms with van der Waals surface area (Å²) in [7, 11) is 0. The minimum Gasteiger partial charge on any atom is -0.480 e. The van der Waals surface area contributed by atoms with Gasteiger partial charge in [-0.25, -0.2) is 9.59 Å². The predicted octanol–water partition coefficient (Wildman–Crippen LogP) is 2.03. The van der Waals surface area contributed by atoms with Crippen LogP contribution in [-0.2, 0) is 14.3 Å². The van der Waals surface area contributed by atoms with Crippen molar-refractivity contribution in [2.45, 2.75) is 18.4 Å². The van der Waals surface area contributed by atoms with Crippen LogP contribution in [0.25, 0.3) is 11.1 Å². The molecule has 1 atom stereocenters. The van der Waals surface area contributed by atoms with Gasteiger partial charge in [-0.1, -0.05) is 54.6 Å². The predicted molar refractivity (Wildman–Crippen MR) is 113 cm³/mol. The molecule has 0 unspecified atom stereocenters. The second-order valence-corrected chi connectivity index (χ2v) is 7.02. The lowest BCUT2D eigenvalue weighted by Crippen LogP contribution is -2.40. The van der Waals surface area contributed by atoms with Crippen LogP contribution < -0.4 is 10.6 Å². The third kappa shape index (κ3) is 5.49. The Balaban J connectivity index is 1.47. The molecule has 0 heterocycles. The monoisotopic (exact) mass is 424 g/mol. The molecule has 0 bridgehead atoms. The van der Waals surface area contributed by atoms with E-state index in [0.29, 0.717) is 0 Å². The van der Waals surface area contributed by atoms with Crippen LogP contribution in [0.2, 0.25) is 0 Å². The Morgan fingerprint density at radius 1 is 1.03 bits per heavy atom. The smallest absolute Gasteiger partial charge is 0.407 e. The largest absolute Gasteiger partial charge is 0.480 e. The lowest BCUT2D eigenvalue weighted by molar-refractivity contribution is -0.141. The number of carbonyl (C=O) groups excluding carboxylic acids is 2. The van der Waals surface area contributed by atoms with Crippen molar-refractivity contribution in [2.24, 2.45) is 0 Å². The molecular weight excluding hydrogens is 400 g/mol. The molecule has 0 spiro atoms. The van der Waals surface area contributed by atoms with Gasteiger partial charge in [0.1, 0.15) is 12.6 Å². The van der Waals surface area contributed by atoms with Crippen LogP contribution in [-0.4, -0.2) is 54.0 Å².